The maximum absolute atomic E-state index is 12.6. The molecule has 0 heterocycles. The number of carbonyl (C=O) groups is 1. The normalized spacial score (nSPS) is 13.7. The van der Waals surface area contributed by atoms with E-state index in [9.17, 15) is 4.79 Å². The Kier molecular flexibility index (Phi) is 4.47. The van der Waals surface area contributed by atoms with E-state index in [4.69, 9.17) is 23.2 Å². The molecule has 0 aliphatic heterocycles. The smallest absolute Gasteiger partial charge is 0.182 e. The van der Waals surface area contributed by atoms with E-state index in [0.717, 1.165) is 16.3 Å². The van der Waals surface area contributed by atoms with Crippen molar-refractivity contribution in [1.29, 1.82) is 0 Å². The third-order valence-corrected chi connectivity index (χ3v) is 4.74. The predicted molar refractivity (Wildman–Crippen MR) is 93.0 cm³/mol. The van der Waals surface area contributed by atoms with Crippen molar-refractivity contribution in [3.8, 4) is 0 Å². The summed E-state index contributed by atoms with van der Waals surface area (Å²) in [6.07, 6.45) is 0. The summed E-state index contributed by atoms with van der Waals surface area (Å²) in [4.78, 5) is 12.6. The first-order chi connectivity index (χ1) is 10.7. The van der Waals surface area contributed by atoms with Gasteiger partial charge in [0.15, 0.2) is 5.78 Å². The summed E-state index contributed by atoms with van der Waals surface area (Å²) in [5.74, 6) is -0.156. The molecule has 0 radical (unpaired) electrons. The number of Topliss-reactive ketones (excluding diaryl/α,β-unsaturated/α-hetero) is 1. The summed E-state index contributed by atoms with van der Waals surface area (Å²) in [5.41, 5.74) is 1.43. The first kappa shape index (κ1) is 15.1. The third kappa shape index (κ3) is 3.01. The Labute approximate surface area is 139 Å². The molecule has 3 aromatic rings. The molecule has 0 saturated heterocycles. The number of halogens is 2. The third-order valence-electron chi connectivity index (χ3n) is 3.66. The van der Waals surface area contributed by atoms with Crippen molar-refractivity contribution in [3.05, 3.63) is 83.9 Å². The van der Waals surface area contributed by atoms with Gasteiger partial charge in [0.25, 0.3) is 0 Å². The van der Waals surface area contributed by atoms with Gasteiger partial charge >= 0.3 is 0 Å². The molecule has 0 saturated carbocycles. The van der Waals surface area contributed by atoms with E-state index >= 15 is 0 Å². The van der Waals surface area contributed by atoms with Crippen LogP contribution in [0.3, 0.4) is 0 Å². The molecule has 0 aliphatic carbocycles. The minimum absolute atomic E-state index is 0.156. The SMILES string of the molecule is O=C(c1ccc2ccccc2c1)C(Cl)C(Cl)c1ccccc1. The van der Waals surface area contributed by atoms with Gasteiger partial charge < -0.3 is 0 Å². The minimum Gasteiger partial charge on any atom is -0.292 e. The zero-order valence-corrected chi connectivity index (χ0v) is 13.3. The van der Waals surface area contributed by atoms with E-state index in [1.165, 1.54) is 0 Å². The highest BCUT2D eigenvalue weighted by molar-refractivity contribution is 6.39. The van der Waals surface area contributed by atoms with Crippen LogP contribution in [0.1, 0.15) is 21.3 Å². The average Bonchev–Trinajstić information content (AvgIpc) is 2.60. The van der Waals surface area contributed by atoms with Crippen LogP contribution in [0.2, 0.25) is 0 Å². The number of carbonyl (C=O) groups excluding carboxylic acids is 1. The zero-order chi connectivity index (χ0) is 15.5. The Hall–Kier alpha value is -1.83. The molecule has 0 amide bonds. The van der Waals surface area contributed by atoms with Crippen molar-refractivity contribution in [2.24, 2.45) is 0 Å². The van der Waals surface area contributed by atoms with Crippen LogP contribution in [-0.4, -0.2) is 11.2 Å². The molecule has 22 heavy (non-hydrogen) atoms. The van der Waals surface area contributed by atoms with E-state index in [1.54, 1.807) is 6.07 Å². The van der Waals surface area contributed by atoms with E-state index in [-0.39, 0.29) is 5.78 Å². The molecule has 0 aliphatic rings. The Morgan fingerprint density at radius 1 is 0.773 bits per heavy atom. The number of alkyl halides is 2. The van der Waals surface area contributed by atoms with Crippen LogP contribution in [0, 0.1) is 0 Å². The maximum Gasteiger partial charge on any atom is 0.182 e. The molecular formula is C19H14Cl2O. The number of hydrogen-bond donors (Lipinski definition) is 0. The lowest BCUT2D eigenvalue weighted by atomic mass is 9.99. The van der Waals surface area contributed by atoms with Crippen molar-refractivity contribution in [2.75, 3.05) is 0 Å². The van der Waals surface area contributed by atoms with Crippen molar-refractivity contribution in [3.63, 3.8) is 0 Å². The predicted octanol–water partition coefficient (Wildman–Crippen LogP) is 5.61. The van der Waals surface area contributed by atoms with Gasteiger partial charge in [-0.15, -0.1) is 23.2 Å². The second-order valence-corrected chi connectivity index (χ2v) is 6.08. The summed E-state index contributed by atoms with van der Waals surface area (Å²) in [6.45, 7) is 0. The Bertz CT molecular complexity index is 799. The molecule has 2 atom stereocenters. The van der Waals surface area contributed by atoms with E-state index in [0.29, 0.717) is 5.56 Å². The van der Waals surface area contributed by atoms with Crippen LogP contribution in [0.25, 0.3) is 10.8 Å². The molecule has 1 nitrogen and oxygen atoms in total. The summed E-state index contributed by atoms with van der Waals surface area (Å²) in [5, 5.41) is 0.755. The second-order valence-electron chi connectivity index (χ2n) is 5.14. The fraction of sp³-hybridized carbons (Fsp3) is 0.105. The van der Waals surface area contributed by atoms with Crippen LogP contribution in [0.5, 0.6) is 0 Å². The lowest BCUT2D eigenvalue weighted by Crippen LogP contribution is -2.20. The van der Waals surface area contributed by atoms with Gasteiger partial charge in [-0.3, -0.25) is 4.79 Å². The van der Waals surface area contributed by atoms with Gasteiger partial charge in [-0.25, -0.2) is 0 Å². The topological polar surface area (TPSA) is 17.1 Å². The monoisotopic (exact) mass is 328 g/mol. The molecule has 110 valence electrons. The molecule has 3 aromatic carbocycles. The molecule has 0 N–H and O–H groups in total. The molecule has 3 rings (SSSR count). The minimum atomic E-state index is -0.801. The van der Waals surface area contributed by atoms with Crippen LogP contribution in [0.4, 0.5) is 0 Å². The number of benzene rings is 3. The standard InChI is InChI=1S/C19H14Cl2O/c20-17(14-7-2-1-3-8-14)18(21)19(22)16-11-10-13-6-4-5-9-15(13)12-16/h1-12,17-18H. The van der Waals surface area contributed by atoms with Crippen LogP contribution in [0.15, 0.2) is 72.8 Å². The first-order valence-electron chi connectivity index (χ1n) is 7.03. The van der Waals surface area contributed by atoms with Crippen molar-refractivity contribution >= 4 is 39.8 Å². The summed E-state index contributed by atoms with van der Waals surface area (Å²) < 4.78 is 0. The highest BCUT2D eigenvalue weighted by Crippen LogP contribution is 2.30. The highest BCUT2D eigenvalue weighted by Gasteiger charge is 2.26. The van der Waals surface area contributed by atoms with Crippen LogP contribution in [-0.2, 0) is 0 Å². The largest absolute Gasteiger partial charge is 0.292 e. The van der Waals surface area contributed by atoms with Gasteiger partial charge in [-0.1, -0.05) is 66.7 Å². The summed E-state index contributed by atoms with van der Waals surface area (Å²) in [7, 11) is 0. The molecule has 0 aromatic heterocycles. The number of fused-ring (bicyclic) bond motifs is 1. The molecule has 2 unspecified atom stereocenters. The average molecular weight is 329 g/mol. The number of hydrogen-bond acceptors (Lipinski definition) is 1. The van der Waals surface area contributed by atoms with Gasteiger partial charge in [0, 0.05) is 5.56 Å². The van der Waals surface area contributed by atoms with Crippen LogP contribution >= 0.6 is 23.2 Å². The summed E-state index contributed by atoms with van der Waals surface area (Å²) >= 11 is 12.7. The van der Waals surface area contributed by atoms with Crippen molar-refractivity contribution in [2.45, 2.75) is 10.8 Å². The maximum atomic E-state index is 12.6. The van der Waals surface area contributed by atoms with E-state index in [1.807, 2.05) is 66.7 Å². The van der Waals surface area contributed by atoms with Gasteiger partial charge in [0.2, 0.25) is 0 Å². The highest BCUT2D eigenvalue weighted by atomic mass is 35.5. The van der Waals surface area contributed by atoms with Gasteiger partial charge in [-0.2, -0.15) is 0 Å². The van der Waals surface area contributed by atoms with Gasteiger partial charge in [0.05, 0.1) is 5.38 Å². The fourth-order valence-electron chi connectivity index (χ4n) is 2.44. The molecule has 0 spiro atoms. The second kappa shape index (κ2) is 6.51. The Morgan fingerprint density at radius 3 is 2.14 bits per heavy atom. The zero-order valence-electron chi connectivity index (χ0n) is 11.7. The summed E-state index contributed by atoms with van der Waals surface area (Å²) in [6, 6.07) is 22.9. The first-order valence-corrected chi connectivity index (χ1v) is 7.90. The van der Waals surface area contributed by atoms with Crippen LogP contribution < -0.4 is 0 Å². The quantitative estimate of drug-likeness (QED) is 0.449. The lowest BCUT2D eigenvalue weighted by molar-refractivity contribution is 0.0985. The Morgan fingerprint density at radius 2 is 1.41 bits per heavy atom. The molecular weight excluding hydrogens is 315 g/mol. The lowest BCUT2D eigenvalue weighted by Gasteiger charge is -2.15. The molecule has 3 heteroatoms. The molecule has 0 fully saturated rings. The Balaban J connectivity index is 1.88. The van der Waals surface area contributed by atoms with Gasteiger partial charge in [0.1, 0.15) is 5.38 Å². The van der Waals surface area contributed by atoms with E-state index < -0.39 is 10.8 Å². The number of ketones is 1. The van der Waals surface area contributed by atoms with Crippen molar-refractivity contribution in [1.82, 2.24) is 0 Å². The number of rotatable bonds is 4. The van der Waals surface area contributed by atoms with Crippen molar-refractivity contribution < 1.29 is 4.79 Å². The fourth-order valence-corrected chi connectivity index (χ4v) is 2.97. The molecule has 0 bridgehead atoms. The van der Waals surface area contributed by atoms with E-state index in [2.05, 4.69) is 0 Å². The van der Waals surface area contributed by atoms with Gasteiger partial charge in [-0.05, 0) is 22.4 Å².